The van der Waals surface area contributed by atoms with E-state index in [9.17, 15) is 9.18 Å². The van der Waals surface area contributed by atoms with Gasteiger partial charge in [-0.25, -0.2) is 4.39 Å². The smallest absolute Gasteiger partial charge is 0.404 e. The zero-order valence-corrected chi connectivity index (χ0v) is 28.6. The van der Waals surface area contributed by atoms with Crippen LogP contribution in [0.3, 0.4) is 0 Å². The number of piperidine rings is 1. The maximum absolute atomic E-state index is 15.0. The Balaban J connectivity index is 1.41. The van der Waals surface area contributed by atoms with Crippen LogP contribution in [0, 0.1) is 22.6 Å². The molecule has 0 aromatic heterocycles. The first-order chi connectivity index (χ1) is 23.1. The van der Waals surface area contributed by atoms with Crippen LogP contribution in [0.25, 0.3) is 0 Å². The fourth-order valence-electron chi connectivity index (χ4n) is 8.41. The third-order valence-corrected chi connectivity index (χ3v) is 11.9. The summed E-state index contributed by atoms with van der Waals surface area (Å²) in [4.78, 5) is 16.1. The number of rotatable bonds is 8. The van der Waals surface area contributed by atoms with E-state index in [4.69, 9.17) is 10.1 Å². The maximum atomic E-state index is 15.0. The standard InChI is InChI=1S/C37H48F4N4O2S/c1-47-30-22-26(11-12-29(30)38)32(25-9-10-25)44-34(46)28-20-24(23-45-17-18-48-35(45)42)19-27(21-28)31-33(37(39,40)41)43-16-15-36(31)13-7-5-3-2-4-6-8-14-36/h11-12,19-22,25,31-33,42-43H,2-10,13-18,23H2,1H3,(H,44,46)/t31?,32-,33?/m0/s1. The molecule has 1 amide bonds. The summed E-state index contributed by atoms with van der Waals surface area (Å²) in [5.74, 6) is -0.637. The van der Waals surface area contributed by atoms with Gasteiger partial charge in [0.25, 0.3) is 5.91 Å². The molecule has 48 heavy (non-hydrogen) atoms. The Morgan fingerprint density at radius 3 is 2.40 bits per heavy atom. The molecule has 262 valence electrons. The van der Waals surface area contributed by atoms with E-state index in [1.165, 1.54) is 31.4 Å². The average Bonchev–Trinajstić information content (AvgIpc) is 3.83. The van der Waals surface area contributed by atoms with Crippen molar-refractivity contribution in [3.05, 3.63) is 64.5 Å². The van der Waals surface area contributed by atoms with E-state index in [1.54, 1.807) is 24.3 Å². The lowest BCUT2D eigenvalue weighted by atomic mass is 9.59. The maximum Gasteiger partial charge on any atom is 0.404 e. The molecule has 6 rings (SSSR count). The number of hydrogen-bond acceptors (Lipinski definition) is 5. The van der Waals surface area contributed by atoms with Gasteiger partial charge >= 0.3 is 6.18 Å². The molecule has 0 bridgehead atoms. The van der Waals surface area contributed by atoms with Crippen LogP contribution in [-0.2, 0) is 6.54 Å². The van der Waals surface area contributed by atoms with E-state index >= 15 is 13.2 Å². The van der Waals surface area contributed by atoms with Gasteiger partial charge < -0.3 is 20.3 Å². The molecule has 4 fully saturated rings. The number of amides is 1. The Kier molecular flexibility index (Phi) is 10.9. The van der Waals surface area contributed by atoms with E-state index in [-0.39, 0.29) is 23.6 Å². The molecule has 2 unspecified atom stereocenters. The van der Waals surface area contributed by atoms with Gasteiger partial charge in [-0.3, -0.25) is 10.2 Å². The summed E-state index contributed by atoms with van der Waals surface area (Å²) in [7, 11) is 1.40. The van der Waals surface area contributed by atoms with Crippen molar-refractivity contribution in [2.75, 3.05) is 26.0 Å². The van der Waals surface area contributed by atoms with Crippen molar-refractivity contribution in [2.24, 2.45) is 11.3 Å². The number of benzene rings is 2. The number of nitrogens with one attached hydrogen (secondary N) is 3. The molecule has 2 aliphatic heterocycles. The topological polar surface area (TPSA) is 77.5 Å². The number of hydrogen-bond donors (Lipinski definition) is 3. The van der Waals surface area contributed by atoms with Crippen LogP contribution in [-0.4, -0.2) is 54.1 Å². The summed E-state index contributed by atoms with van der Waals surface area (Å²) in [5, 5.41) is 14.9. The van der Waals surface area contributed by atoms with Crippen LogP contribution >= 0.6 is 11.8 Å². The number of carbonyl (C=O) groups is 1. The first kappa shape index (κ1) is 35.1. The monoisotopic (exact) mass is 688 g/mol. The zero-order chi connectivity index (χ0) is 33.9. The van der Waals surface area contributed by atoms with Gasteiger partial charge in [-0.1, -0.05) is 68.8 Å². The van der Waals surface area contributed by atoms with Gasteiger partial charge in [0.15, 0.2) is 16.7 Å². The van der Waals surface area contributed by atoms with Crippen LogP contribution in [0.2, 0.25) is 0 Å². The molecule has 11 heteroatoms. The molecule has 2 aromatic rings. The molecule has 0 radical (unpaired) electrons. The molecule has 2 aliphatic carbocycles. The Hall–Kier alpha value is -2.79. The minimum absolute atomic E-state index is 0.0987. The summed E-state index contributed by atoms with van der Waals surface area (Å²) < 4.78 is 64.5. The van der Waals surface area contributed by atoms with E-state index in [0.29, 0.717) is 42.3 Å². The predicted molar refractivity (Wildman–Crippen MR) is 182 cm³/mol. The molecule has 2 aromatic carbocycles. The Labute approximate surface area is 285 Å². The number of methoxy groups -OCH3 is 1. The molecular formula is C37H48F4N4O2S. The van der Waals surface area contributed by atoms with E-state index < -0.39 is 29.4 Å². The van der Waals surface area contributed by atoms with Crippen molar-refractivity contribution in [1.29, 1.82) is 5.41 Å². The number of alkyl halides is 3. The number of carbonyl (C=O) groups excluding carboxylic acids is 1. The molecule has 6 nitrogen and oxygen atoms in total. The van der Waals surface area contributed by atoms with Crippen molar-refractivity contribution in [3.63, 3.8) is 0 Å². The van der Waals surface area contributed by atoms with Gasteiger partial charge in [0.1, 0.15) is 6.04 Å². The van der Waals surface area contributed by atoms with Gasteiger partial charge in [-0.15, -0.1) is 0 Å². The molecule has 2 saturated heterocycles. The lowest BCUT2D eigenvalue weighted by Crippen LogP contribution is -2.57. The number of amidine groups is 1. The first-order valence-corrected chi connectivity index (χ1v) is 18.6. The summed E-state index contributed by atoms with van der Waals surface area (Å²) in [5.41, 5.74) is 1.80. The third-order valence-electron chi connectivity index (χ3n) is 11.0. The quantitative estimate of drug-likeness (QED) is 0.242. The molecule has 1 spiro atoms. The van der Waals surface area contributed by atoms with Gasteiger partial charge in [0.2, 0.25) is 0 Å². The molecule has 4 aliphatic rings. The van der Waals surface area contributed by atoms with Crippen LogP contribution in [0.1, 0.15) is 116 Å². The fraction of sp³-hybridized carbons (Fsp3) is 0.622. The second kappa shape index (κ2) is 15.0. The van der Waals surface area contributed by atoms with Crippen molar-refractivity contribution in [2.45, 2.75) is 108 Å². The van der Waals surface area contributed by atoms with Crippen LogP contribution in [0.4, 0.5) is 17.6 Å². The van der Waals surface area contributed by atoms with Gasteiger partial charge in [-0.2, -0.15) is 13.2 Å². The Morgan fingerprint density at radius 1 is 1.06 bits per heavy atom. The van der Waals surface area contributed by atoms with Gasteiger partial charge in [0, 0.05) is 30.3 Å². The van der Waals surface area contributed by atoms with Gasteiger partial charge in [-0.05, 0) is 90.9 Å². The second-order valence-corrected chi connectivity index (χ2v) is 15.3. The van der Waals surface area contributed by atoms with Crippen molar-refractivity contribution < 1.29 is 27.1 Å². The highest BCUT2D eigenvalue weighted by atomic mass is 32.2. The minimum atomic E-state index is -4.46. The second-order valence-electron chi connectivity index (χ2n) is 14.3. The number of ether oxygens (including phenoxy) is 1. The lowest BCUT2D eigenvalue weighted by Gasteiger charge is -2.50. The molecular weight excluding hydrogens is 640 g/mol. The van der Waals surface area contributed by atoms with Crippen molar-refractivity contribution >= 4 is 22.8 Å². The van der Waals surface area contributed by atoms with Crippen molar-refractivity contribution in [3.8, 4) is 5.75 Å². The Morgan fingerprint density at radius 2 is 1.77 bits per heavy atom. The van der Waals surface area contributed by atoms with Crippen LogP contribution < -0.4 is 15.4 Å². The zero-order valence-electron chi connectivity index (χ0n) is 27.8. The SMILES string of the molecule is COc1cc([C@@H](NC(=O)c2cc(CN3CCSC3=N)cc(C3C(C(F)(F)F)NCCC34CCCCCCCCC4)c2)C2CC2)ccc1F. The van der Waals surface area contributed by atoms with Gasteiger partial charge in [0.05, 0.1) is 13.2 Å². The summed E-state index contributed by atoms with van der Waals surface area (Å²) in [6.07, 6.45) is 6.77. The highest BCUT2D eigenvalue weighted by Gasteiger charge is 2.55. The Bertz CT molecular complexity index is 1460. The summed E-state index contributed by atoms with van der Waals surface area (Å²) in [6.45, 7) is 1.34. The molecule has 3 atom stereocenters. The average molecular weight is 689 g/mol. The lowest BCUT2D eigenvalue weighted by molar-refractivity contribution is -0.177. The molecule has 2 heterocycles. The highest BCUT2D eigenvalue weighted by molar-refractivity contribution is 8.14. The van der Waals surface area contributed by atoms with E-state index in [2.05, 4.69) is 10.6 Å². The third kappa shape index (κ3) is 7.98. The van der Waals surface area contributed by atoms with Crippen molar-refractivity contribution in [1.82, 2.24) is 15.5 Å². The largest absolute Gasteiger partial charge is 0.494 e. The van der Waals surface area contributed by atoms with Crippen LogP contribution in [0.5, 0.6) is 5.75 Å². The number of thioether (sulfide) groups is 1. The molecule has 2 saturated carbocycles. The molecule has 3 N–H and O–H groups in total. The normalized spacial score (nSPS) is 24.4. The summed E-state index contributed by atoms with van der Waals surface area (Å²) in [6, 6.07) is 7.87. The van der Waals surface area contributed by atoms with Crippen LogP contribution in [0.15, 0.2) is 36.4 Å². The number of halogens is 4. The van der Waals surface area contributed by atoms with E-state index in [1.807, 2.05) is 11.0 Å². The number of nitrogens with zero attached hydrogens (tertiary/aromatic N) is 1. The highest BCUT2D eigenvalue weighted by Crippen LogP contribution is 2.54. The summed E-state index contributed by atoms with van der Waals surface area (Å²) >= 11 is 1.45. The minimum Gasteiger partial charge on any atom is -0.494 e. The fourth-order valence-corrected chi connectivity index (χ4v) is 9.26. The predicted octanol–water partition coefficient (Wildman–Crippen LogP) is 8.72. The first-order valence-electron chi connectivity index (χ1n) is 17.6. The van der Waals surface area contributed by atoms with E-state index in [0.717, 1.165) is 81.1 Å².